The molecular weight excluding hydrogens is 389 g/mol. The van der Waals surface area contributed by atoms with Gasteiger partial charge in [-0.3, -0.25) is 4.79 Å². The highest BCUT2D eigenvalue weighted by Crippen LogP contribution is 2.26. The summed E-state index contributed by atoms with van der Waals surface area (Å²) in [6.07, 6.45) is -3.24. The number of carbonyl (C=O) groups is 2. The van der Waals surface area contributed by atoms with Crippen molar-refractivity contribution in [1.82, 2.24) is 10.2 Å². The highest BCUT2D eigenvalue weighted by Gasteiger charge is 2.30. The van der Waals surface area contributed by atoms with Crippen molar-refractivity contribution in [1.29, 1.82) is 5.26 Å². The average Bonchev–Trinajstić information content (AvgIpc) is 2.65. The predicted octanol–water partition coefficient (Wildman–Crippen LogP) is 3.27. The Morgan fingerprint density at radius 1 is 1.38 bits per heavy atom. The molecule has 1 aliphatic heterocycles. The normalized spacial score (nSPS) is 16.9. The largest absolute Gasteiger partial charge is 0.483 e. The molecular formula is C19H23F3N4O3. The number of hydrogen-bond acceptors (Lipinski definition) is 4. The zero-order chi connectivity index (χ0) is 21.6. The van der Waals surface area contributed by atoms with Crippen LogP contribution in [-0.4, -0.2) is 48.8 Å². The van der Waals surface area contributed by atoms with Gasteiger partial charge in [-0.1, -0.05) is 0 Å². The van der Waals surface area contributed by atoms with Crippen LogP contribution in [0.4, 0.5) is 23.7 Å². The third kappa shape index (κ3) is 6.85. The molecule has 0 spiro atoms. The lowest BCUT2D eigenvalue weighted by atomic mass is 9.97. The second kappa shape index (κ2) is 9.49. The van der Waals surface area contributed by atoms with Crippen LogP contribution in [0.3, 0.4) is 0 Å². The zero-order valence-corrected chi connectivity index (χ0v) is 16.2. The number of halogens is 3. The molecule has 0 aliphatic carbocycles. The summed E-state index contributed by atoms with van der Waals surface area (Å²) >= 11 is 0. The van der Waals surface area contributed by atoms with E-state index in [1.54, 1.807) is 11.0 Å². The highest BCUT2D eigenvalue weighted by atomic mass is 19.4. The fourth-order valence-electron chi connectivity index (χ4n) is 2.94. The molecule has 0 bridgehead atoms. The van der Waals surface area contributed by atoms with Crippen molar-refractivity contribution >= 4 is 17.6 Å². The van der Waals surface area contributed by atoms with Gasteiger partial charge < -0.3 is 20.3 Å². The topological polar surface area (TPSA) is 94.5 Å². The summed E-state index contributed by atoms with van der Waals surface area (Å²) in [7, 11) is 0. The van der Waals surface area contributed by atoms with E-state index in [2.05, 4.69) is 15.4 Å². The van der Waals surface area contributed by atoms with E-state index in [0.29, 0.717) is 19.4 Å². The number of rotatable bonds is 5. The number of carbonyl (C=O) groups excluding carboxylic acids is 2. The molecule has 158 valence electrons. The molecule has 0 saturated carbocycles. The minimum absolute atomic E-state index is 0.0146. The molecule has 1 aromatic rings. The maximum absolute atomic E-state index is 12.6. The molecule has 1 atom stereocenters. The lowest BCUT2D eigenvalue weighted by molar-refractivity contribution is -0.153. The minimum atomic E-state index is -4.52. The van der Waals surface area contributed by atoms with Crippen molar-refractivity contribution < 1.29 is 27.5 Å². The van der Waals surface area contributed by atoms with Crippen LogP contribution in [0.25, 0.3) is 0 Å². The second-order valence-electron chi connectivity index (χ2n) is 7.11. The Morgan fingerprint density at radius 3 is 2.72 bits per heavy atom. The number of hydrogen-bond donors (Lipinski definition) is 2. The van der Waals surface area contributed by atoms with Crippen LogP contribution in [0.1, 0.15) is 32.3 Å². The van der Waals surface area contributed by atoms with E-state index < -0.39 is 18.7 Å². The molecule has 1 aliphatic rings. The van der Waals surface area contributed by atoms with Gasteiger partial charge in [0.05, 0.1) is 11.5 Å². The van der Waals surface area contributed by atoms with Gasteiger partial charge in [0.15, 0.2) is 6.61 Å². The van der Waals surface area contributed by atoms with Crippen molar-refractivity contribution in [3.05, 3.63) is 23.8 Å². The molecule has 0 radical (unpaired) electrons. The Bertz CT molecular complexity index is 790. The van der Waals surface area contributed by atoms with Crippen LogP contribution < -0.4 is 15.4 Å². The summed E-state index contributed by atoms with van der Waals surface area (Å²) in [5.74, 6) is -0.953. The first-order valence-electron chi connectivity index (χ1n) is 9.19. The lowest BCUT2D eigenvalue weighted by Gasteiger charge is -2.32. The fourth-order valence-corrected chi connectivity index (χ4v) is 2.94. The van der Waals surface area contributed by atoms with E-state index in [4.69, 9.17) is 5.26 Å². The second-order valence-corrected chi connectivity index (χ2v) is 7.11. The van der Waals surface area contributed by atoms with Crippen LogP contribution in [-0.2, 0) is 4.79 Å². The van der Waals surface area contributed by atoms with Gasteiger partial charge >= 0.3 is 12.2 Å². The van der Waals surface area contributed by atoms with E-state index in [1.807, 2.05) is 13.8 Å². The number of urea groups is 1. The van der Waals surface area contributed by atoms with Crippen LogP contribution in [0.5, 0.6) is 5.75 Å². The number of nitrogens with one attached hydrogen (secondary N) is 2. The van der Waals surface area contributed by atoms with Crippen molar-refractivity contribution in [2.45, 2.75) is 38.9 Å². The third-order valence-corrected chi connectivity index (χ3v) is 4.25. The molecule has 2 N–H and O–H groups in total. The van der Waals surface area contributed by atoms with E-state index in [1.165, 1.54) is 18.2 Å². The minimum Gasteiger partial charge on any atom is -0.483 e. The van der Waals surface area contributed by atoms with Gasteiger partial charge in [0.2, 0.25) is 5.91 Å². The Kier molecular flexibility index (Phi) is 7.31. The number of ether oxygens (including phenoxy) is 1. The summed E-state index contributed by atoms with van der Waals surface area (Å²) in [4.78, 5) is 26.3. The SMILES string of the molecule is CC(C)NC(=O)N1CCCC(C(=O)Nc2ccc(OCC(F)(F)F)c(C#N)c2)C1. The standard InChI is InChI=1S/C19H23F3N4O3/c1-12(2)24-18(28)26-7-3-4-13(10-26)17(27)25-15-5-6-16(14(8-15)9-23)29-11-19(20,21)22/h5-6,8,12-13H,3-4,7,10-11H2,1-2H3,(H,24,28)(H,25,27). The van der Waals surface area contributed by atoms with Gasteiger partial charge in [0.25, 0.3) is 0 Å². The number of piperidine rings is 1. The summed E-state index contributed by atoms with van der Waals surface area (Å²) in [5.41, 5.74) is 0.156. The summed E-state index contributed by atoms with van der Waals surface area (Å²) in [6, 6.07) is 5.36. The molecule has 1 aromatic carbocycles. The molecule has 10 heteroatoms. The summed E-state index contributed by atoms with van der Waals surface area (Å²) in [5, 5.41) is 14.6. The molecule has 1 heterocycles. The summed E-state index contributed by atoms with van der Waals surface area (Å²) in [6.45, 7) is 3.01. The molecule has 1 saturated heterocycles. The molecule has 29 heavy (non-hydrogen) atoms. The zero-order valence-electron chi connectivity index (χ0n) is 16.2. The quantitative estimate of drug-likeness (QED) is 0.776. The molecule has 0 aromatic heterocycles. The van der Waals surface area contributed by atoms with E-state index >= 15 is 0 Å². The number of alkyl halides is 3. The summed E-state index contributed by atoms with van der Waals surface area (Å²) < 4.78 is 41.5. The number of likely N-dealkylation sites (tertiary alicyclic amines) is 1. The van der Waals surface area contributed by atoms with Gasteiger partial charge in [-0.15, -0.1) is 0 Å². The van der Waals surface area contributed by atoms with E-state index in [0.717, 1.165) is 0 Å². The van der Waals surface area contributed by atoms with Crippen molar-refractivity contribution in [3.63, 3.8) is 0 Å². The van der Waals surface area contributed by atoms with Crippen LogP contribution in [0.15, 0.2) is 18.2 Å². The van der Waals surface area contributed by atoms with E-state index in [9.17, 15) is 22.8 Å². The highest BCUT2D eigenvalue weighted by molar-refractivity contribution is 5.93. The van der Waals surface area contributed by atoms with Crippen molar-refractivity contribution in [2.75, 3.05) is 25.0 Å². The molecule has 3 amide bonds. The average molecular weight is 412 g/mol. The van der Waals surface area contributed by atoms with Gasteiger partial charge in [-0.05, 0) is 44.9 Å². The molecule has 1 unspecified atom stereocenters. The molecule has 1 fully saturated rings. The predicted molar refractivity (Wildman–Crippen MR) is 99.3 cm³/mol. The van der Waals surface area contributed by atoms with Gasteiger partial charge in [-0.25, -0.2) is 4.79 Å². The first kappa shape index (κ1) is 22.3. The maximum atomic E-state index is 12.6. The third-order valence-electron chi connectivity index (χ3n) is 4.25. The Labute approximate surface area is 166 Å². The number of nitrogens with zero attached hydrogens (tertiary/aromatic N) is 2. The molecule has 7 nitrogen and oxygen atoms in total. The lowest BCUT2D eigenvalue weighted by Crippen LogP contribution is -2.49. The van der Waals surface area contributed by atoms with Crippen LogP contribution >= 0.6 is 0 Å². The van der Waals surface area contributed by atoms with Gasteiger partial charge in [-0.2, -0.15) is 18.4 Å². The number of benzene rings is 1. The molecule has 2 rings (SSSR count). The Hall–Kier alpha value is -2.96. The monoisotopic (exact) mass is 412 g/mol. The van der Waals surface area contributed by atoms with Crippen molar-refractivity contribution in [3.8, 4) is 11.8 Å². The van der Waals surface area contributed by atoms with Crippen LogP contribution in [0.2, 0.25) is 0 Å². The number of amides is 3. The van der Waals surface area contributed by atoms with Gasteiger partial charge in [0.1, 0.15) is 11.8 Å². The maximum Gasteiger partial charge on any atom is 0.422 e. The Morgan fingerprint density at radius 2 is 2.10 bits per heavy atom. The van der Waals surface area contributed by atoms with Crippen LogP contribution in [0, 0.1) is 17.2 Å². The Balaban J connectivity index is 2.01. The van der Waals surface area contributed by atoms with Gasteiger partial charge in [0, 0.05) is 24.8 Å². The smallest absolute Gasteiger partial charge is 0.422 e. The first-order valence-corrected chi connectivity index (χ1v) is 9.19. The van der Waals surface area contributed by atoms with E-state index in [-0.39, 0.29) is 41.5 Å². The number of anilines is 1. The van der Waals surface area contributed by atoms with Crippen molar-refractivity contribution in [2.24, 2.45) is 5.92 Å². The first-order chi connectivity index (χ1) is 13.6. The fraction of sp³-hybridized carbons (Fsp3) is 0.526. The number of nitriles is 1.